The summed E-state index contributed by atoms with van der Waals surface area (Å²) in [6.07, 6.45) is 2.29. The Balaban J connectivity index is 1.40. The molecule has 0 radical (unpaired) electrons. The van der Waals surface area contributed by atoms with E-state index < -0.39 is 11.2 Å². The van der Waals surface area contributed by atoms with Gasteiger partial charge in [0.1, 0.15) is 15.8 Å². The van der Waals surface area contributed by atoms with Crippen molar-refractivity contribution >= 4 is 51.7 Å². The molecule has 0 aliphatic carbocycles. The molecule has 0 fully saturated rings. The van der Waals surface area contributed by atoms with Gasteiger partial charge in [-0.1, -0.05) is 11.8 Å². The lowest BCUT2D eigenvalue weighted by Crippen LogP contribution is -2.38. The fraction of sp³-hybridized carbons (Fsp3) is 0.348. The molecule has 0 bridgehead atoms. The number of carbonyl (C=O) groups excluding carboxylic acids is 2. The minimum absolute atomic E-state index is 0.126. The van der Waals surface area contributed by atoms with E-state index in [1.807, 2.05) is 18.9 Å². The molecule has 13 heteroatoms. The van der Waals surface area contributed by atoms with E-state index in [2.05, 4.69) is 25.7 Å². The minimum Gasteiger partial charge on any atom is -0.496 e. The maximum absolute atomic E-state index is 13.2. The summed E-state index contributed by atoms with van der Waals surface area (Å²) in [6.45, 7) is 6.15. The zero-order chi connectivity index (χ0) is 25.7. The predicted molar refractivity (Wildman–Crippen MR) is 139 cm³/mol. The van der Waals surface area contributed by atoms with Crippen molar-refractivity contribution in [3.05, 3.63) is 45.1 Å². The van der Waals surface area contributed by atoms with Gasteiger partial charge in [0, 0.05) is 22.9 Å². The fourth-order valence-corrected chi connectivity index (χ4v) is 6.81. The molecule has 0 saturated heterocycles. The van der Waals surface area contributed by atoms with Crippen LogP contribution >= 0.6 is 23.1 Å². The second-order valence-corrected chi connectivity index (χ2v) is 10.8. The van der Waals surface area contributed by atoms with Gasteiger partial charge in [-0.25, -0.2) is 10.4 Å². The fourth-order valence-electron chi connectivity index (χ4n) is 4.63. The number of carbonyl (C=O) groups is 2. The number of anilines is 3. The molecule has 11 nitrogen and oxygen atoms in total. The molecule has 5 heterocycles. The van der Waals surface area contributed by atoms with Crippen molar-refractivity contribution < 1.29 is 14.3 Å². The van der Waals surface area contributed by atoms with Crippen LogP contribution in [0.25, 0.3) is 0 Å². The van der Waals surface area contributed by atoms with E-state index in [1.165, 1.54) is 23.1 Å². The Bertz CT molecular complexity index is 1390. The monoisotopic (exact) mass is 526 g/mol. The SMILES string of the molecule is COc1c(C)cnc(CN2NC3CC(C(=O)Nc4scc(C)c4C(N)=O)Sc4nc(N)nc2c43)c1C. The van der Waals surface area contributed by atoms with Crippen LogP contribution in [0.4, 0.5) is 16.8 Å². The predicted octanol–water partition coefficient (Wildman–Crippen LogP) is 2.62. The smallest absolute Gasteiger partial charge is 0.251 e. The number of nitrogens with zero attached hydrogens (tertiary/aromatic N) is 4. The number of hydrazine groups is 1. The molecule has 3 aromatic rings. The Labute approximate surface area is 216 Å². The van der Waals surface area contributed by atoms with Crippen LogP contribution in [0.5, 0.6) is 5.75 Å². The molecule has 188 valence electrons. The number of thioether (sulfide) groups is 1. The third kappa shape index (κ3) is 4.12. The third-order valence-corrected chi connectivity index (χ3v) is 8.57. The molecule has 3 aromatic heterocycles. The summed E-state index contributed by atoms with van der Waals surface area (Å²) in [7, 11) is 1.65. The number of ether oxygens (including phenoxy) is 1. The average Bonchev–Trinajstić information content (AvgIpc) is 3.36. The molecule has 2 atom stereocenters. The van der Waals surface area contributed by atoms with Gasteiger partial charge in [0.2, 0.25) is 11.9 Å². The zero-order valence-electron chi connectivity index (χ0n) is 20.2. The van der Waals surface area contributed by atoms with E-state index in [0.29, 0.717) is 34.4 Å². The Kier molecular flexibility index (Phi) is 6.22. The van der Waals surface area contributed by atoms with E-state index >= 15 is 0 Å². The van der Waals surface area contributed by atoms with Crippen LogP contribution in [0.2, 0.25) is 0 Å². The molecule has 36 heavy (non-hydrogen) atoms. The van der Waals surface area contributed by atoms with E-state index in [0.717, 1.165) is 33.7 Å². The number of rotatable bonds is 6. The summed E-state index contributed by atoms with van der Waals surface area (Å²) in [5.41, 5.74) is 19.8. The van der Waals surface area contributed by atoms with E-state index in [-0.39, 0.29) is 17.9 Å². The Morgan fingerprint density at radius 2 is 2.06 bits per heavy atom. The first-order chi connectivity index (χ1) is 17.2. The van der Waals surface area contributed by atoms with Crippen LogP contribution in [0.15, 0.2) is 16.6 Å². The van der Waals surface area contributed by atoms with Crippen molar-refractivity contribution in [3.8, 4) is 5.75 Å². The number of pyridine rings is 1. The molecule has 2 amide bonds. The summed E-state index contributed by atoms with van der Waals surface area (Å²) < 4.78 is 5.55. The molecule has 2 aliphatic rings. The van der Waals surface area contributed by atoms with Gasteiger partial charge in [-0.3, -0.25) is 19.6 Å². The first kappa shape index (κ1) is 24.3. The van der Waals surface area contributed by atoms with Gasteiger partial charge in [-0.15, -0.1) is 11.3 Å². The molecule has 0 spiro atoms. The largest absolute Gasteiger partial charge is 0.496 e. The van der Waals surface area contributed by atoms with Crippen molar-refractivity contribution in [1.82, 2.24) is 20.4 Å². The van der Waals surface area contributed by atoms with Gasteiger partial charge >= 0.3 is 0 Å². The molecule has 0 aromatic carbocycles. The average molecular weight is 527 g/mol. The van der Waals surface area contributed by atoms with Gasteiger partial charge in [0.05, 0.1) is 36.2 Å². The van der Waals surface area contributed by atoms with Crippen molar-refractivity contribution in [2.24, 2.45) is 5.73 Å². The van der Waals surface area contributed by atoms with Crippen LogP contribution in [0.3, 0.4) is 0 Å². The van der Waals surface area contributed by atoms with Crippen LogP contribution in [-0.2, 0) is 11.3 Å². The van der Waals surface area contributed by atoms with Crippen molar-refractivity contribution in [3.63, 3.8) is 0 Å². The molecule has 0 saturated carbocycles. The van der Waals surface area contributed by atoms with Crippen LogP contribution in [0.1, 0.15) is 50.8 Å². The molecular formula is C23H26N8O3S2. The molecular weight excluding hydrogens is 500 g/mol. The van der Waals surface area contributed by atoms with Gasteiger partial charge in [-0.2, -0.15) is 4.98 Å². The number of aryl methyl sites for hydroxylation is 2. The number of methoxy groups -OCH3 is 1. The second kappa shape index (κ2) is 9.22. The maximum atomic E-state index is 13.2. The summed E-state index contributed by atoms with van der Waals surface area (Å²) in [5.74, 6) is 0.810. The molecule has 2 unspecified atom stereocenters. The number of aromatic nitrogens is 3. The summed E-state index contributed by atoms with van der Waals surface area (Å²) >= 11 is 2.62. The standard InChI is InChI=1S/C23H26N8O3S2/c1-9-6-26-13(11(3)17(9)34-4)7-31-19-16-12(30-31)5-14(36-22(16)29-23(25)27-19)20(33)28-21-15(18(24)32)10(2)8-35-21/h6,8,12,14,30H,5,7H2,1-4H3,(H2,24,32)(H,28,33)(H2,25,27,29). The van der Waals surface area contributed by atoms with Crippen LogP contribution < -0.4 is 32.0 Å². The van der Waals surface area contributed by atoms with E-state index in [1.54, 1.807) is 25.6 Å². The van der Waals surface area contributed by atoms with Gasteiger partial charge in [0.25, 0.3) is 5.91 Å². The van der Waals surface area contributed by atoms with Gasteiger partial charge in [0.15, 0.2) is 5.82 Å². The number of nitrogens with one attached hydrogen (secondary N) is 2. The number of primary amides is 1. The second-order valence-electron chi connectivity index (χ2n) is 8.76. The number of hydrogen-bond donors (Lipinski definition) is 4. The number of hydrogen-bond acceptors (Lipinski definition) is 11. The lowest BCUT2D eigenvalue weighted by Gasteiger charge is -2.26. The highest BCUT2D eigenvalue weighted by atomic mass is 32.2. The minimum atomic E-state index is -0.569. The summed E-state index contributed by atoms with van der Waals surface area (Å²) in [4.78, 5) is 38.6. The lowest BCUT2D eigenvalue weighted by molar-refractivity contribution is -0.115. The summed E-state index contributed by atoms with van der Waals surface area (Å²) in [6, 6.07) is -0.180. The van der Waals surface area contributed by atoms with E-state index in [4.69, 9.17) is 16.2 Å². The Hall–Kier alpha value is -3.42. The number of thiophene rings is 1. The van der Waals surface area contributed by atoms with Crippen LogP contribution in [0, 0.1) is 20.8 Å². The Morgan fingerprint density at radius 1 is 1.28 bits per heavy atom. The first-order valence-corrected chi connectivity index (χ1v) is 13.0. The van der Waals surface area contributed by atoms with Gasteiger partial charge < -0.3 is 21.5 Å². The maximum Gasteiger partial charge on any atom is 0.251 e. The third-order valence-electron chi connectivity index (χ3n) is 6.34. The van der Waals surface area contributed by atoms with Crippen molar-refractivity contribution in [2.75, 3.05) is 23.2 Å². The molecule has 5 rings (SSSR count). The Morgan fingerprint density at radius 3 is 2.78 bits per heavy atom. The van der Waals surface area contributed by atoms with Gasteiger partial charge in [-0.05, 0) is 38.1 Å². The number of nitrogens with two attached hydrogens (primary N) is 2. The number of nitrogen functional groups attached to an aromatic ring is 1. The zero-order valence-corrected chi connectivity index (χ0v) is 21.8. The highest BCUT2D eigenvalue weighted by Gasteiger charge is 2.42. The lowest BCUT2D eigenvalue weighted by atomic mass is 10.0. The molecule has 2 aliphatic heterocycles. The summed E-state index contributed by atoms with van der Waals surface area (Å²) in [5, 5.41) is 7.24. The van der Waals surface area contributed by atoms with Crippen LogP contribution in [-0.4, -0.2) is 39.1 Å². The highest BCUT2D eigenvalue weighted by molar-refractivity contribution is 8.00. The first-order valence-electron chi connectivity index (χ1n) is 11.2. The normalized spacial score (nSPS) is 18.2. The highest BCUT2D eigenvalue weighted by Crippen LogP contribution is 2.48. The van der Waals surface area contributed by atoms with Crippen molar-refractivity contribution in [2.45, 2.75) is 50.1 Å². The van der Waals surface area contributed by atoms with Crippen molar-refractivity contribution in [1.29, 1.82) is 0 Å². The topological polar surface area (TPSA) is 161 Å². The quantitative estimate of drug-likeness (QED) is 0.351. The number of amides is 2. The molecule has 6 N–H and O–H groups in total. The van der Waals surface area contributed by atoms with E-state index in [9.17, 15) is 9.59 Å².